The lowest BCUT2D eigenvalue weighted by Crippen LogP contribution is -2.00. The van der Waals surface area contributed by atoms with E-state index in [0.717, 1.165) is 88.7 Å². The van der Waals surface area contributed by atoms with Gasteiger partial charge in [0, 0.05) is 32.8 Å². The zero-order valence-corrected chi connectivity index (χ0v) is 27.8. The van der Waals surface area contributed by atoms with Crippen LogP contribution < -0.4 is 0 Å². The van der Waals surface area contributed by atoms with Crippen LogP contribution in [-0.2, 0) is 0 Å². The van der Waals surface area contributed by atoms with Gasteiger partial charge in [0.25, 0.3) is 0 Å². The number of benzene rings is 7. The van der Waals surface area contributed by atoms with E-state index in [1.54, 1.807) is 6.07 Å². The Morgan fingerprint density at radius 2 is 0.865 bits per heavy atom. The molecule has 0 saturated heterocycles. The number of pyridine rings is 1. The van der Waals surface area contributed by atoms with Gasteiger partial charge in [-0.3, -0.25) is 0 Å². The van der Waals surface area contributed by atoms with Crippen molar-refractivity contribution in [1.29, 1.82) is 10.5 Å². The van der Waals surface area contributed by atoms with Crippen LogP contribution in [0.3, 0.4) is 0 Å². The molecule has 0 aliphatic heterocycles. The number of hydrogen-bond donors (Lipinski definition) is 0. The molecule has 2 heterocycles. The van der Waals surface area contributed by atoms with Gasteiger partial charge in [0.2, 0.25) is 0 Å². The third-order valence-corrected chi connectivity index (χ3v) is 9.46. The van der Waals surface area contributed by atoms with Gasteiger partial charge in [-0.2, -0.15) is 10.5 Å². The van der Waals surface area contributed by atoms with Crippen molar-refractivity contribution in [2.45, 2.75) is 0 Å². The first kappa shape index (κ1) is 30.6. The average Bonchev–Trinajstić information content (AvgIpc) is 3.23. The summed E-state index contributed by atoms with van der Waals surface area (Å²) in [5.41, 5.74) is 12.4. The molecule has 0 atom stereocenters. The summed E-state index contributed by atoms with van der Waals surface area (Å²) < 4.78 is 0. The number of rotatable bonds is 5. The molecule has 0 radical (unpaired) electrons. The molecule has 0 saturated carbocycles. The van der Waals surface area contributed by atoms with Crippen molar-refractivity contribution in [2.24, 2.45) is 0 Å². The zero-order valence-electron chi connectivity index (χ0n) is 27.8. The Morgan fingerprint density at radius 3 is 1.48 bits per heavy atom. The van der Waals surface area contributed by atoms with E-state index in [2.05, 4.69) is 97.1 Å². The Balaban J connectivity index is 1.40. The predicted molar refractivity (Wildman–Crippen MR) is 209 cm³/mol. The van der Waals surface area contributed by atoms with Gasteiger partial charge in [-0.1, -0.05) is 133 Å². The molecule has 0 bridgehead atoms. The summed E-state index contributed by atoms with van der Waals surface area (Å²) in [4.78, 5) is 16.3. The third kappa shape index (κ3) is 5.31. The maximum Gasteiger partial charge on any atom is 0.0995 e. The van der Waals surface area contributed by atoms with Gasteiger partial charge in [-0.05, 0) is 52.6 Å². The molecule has 9 aromatic rings. The van der Waals surface area contributed by atoms with Crippen LogP contribution in [0, 0.1) is 22.7 Å². The van der Waals surface area contributed by atoms with Crippen molar-refractivity contribution in [2.75, 3.05) is 0 Å². The highest BCUT2D eigenvalue weighted by Crippen LogP contribution is 2.44. The molecule has 2 aromatic heterocycles. The van der Waals surface area contributed by atoms with Crippen LogP contribution in [-0.4, -0.2) is 15.0 Å². The van der Waals surface area contributed by atoms with Crippen molar-refractivity contribution in [3.63, 3.8) is 0 Å². The van der Waals surface area contributed by atoms with Gasteiger partial charge in [0.05, 0.1) is 56.9 Å². The van der Waals surface area contributed by atoms with Crippen LogP contribution in [0.1, 0.15) is 11.1 Å². The first-order valence-corrected chi connectivity index (χ1v) is 17.0. The topological polar surface area (TPSA) is 86.2 Å². The summed E-state index contributed by atoms with van der Waals surface area (Å²) in [5, 5.41) is 22.2. The lowest BCUT2D eigenvalue weighted by atomic mass is 9.91. The van der Waals surface area contributed by atoms with Crippen molar-refractivity contribution in [3.8, 4) is 68.2 Å². The third-order valence-electron chi connectivity index (χ3n) is 9.46. The second-order valence-electron chi connectivity index (χ2n) is 12.6. The molecular weight excluding hydrogens is 635 g/mol. The molecule has 0 spiro atoms. The Labute approximate surface area is 300 Å². The van der Waals surface area contributed by atoms with Crippen LogP contribution >= 0.6 is 0 Å². The van der Waals surface area contributed by atoms with E-state index in [-0.39, 0.29) is 0 Å². The quantitative estimate of drug-likeness (QED) is 0.171. The van der Waals surface area contributed by atoms with Crippen molar-refractivity contribution >= 4 is 32.7 Å². The first-order chi connectivity index (χ1) is 25.7. The van der Waals surface area contributed by atoms with Crippen LogP contribution in [0.25, 0.3) is 88.7 Å². The minimum Gasteiger partial charge on any atom is -0.247 e. The molecule has 0 N–H and O–H groups in total. The highest BCUT2D eigenvalue weighted by atomic mass is 14.8. The zero-order chi connectivity index (χ0) is 35.0. The fourth-order valence-electron chi connectivity index (χ4n) is 7.06. The van der Waals surface area contributed by atoms with Gasteiger partial charge >= 0.3 is 0 Å². The van der Waals surface area contributed by atoms with Crippen LogP contribution in [0.4, 0.5) is 0 Å². The Kier molecular flexibility index (Phi) is 7.51. The smallest absolute Gasteiger partial charge is 0.0995 e. The molecule has 52 heavy (non-hydrogen) atoms. The Morgan fingerprint density at radius 1 is 0.365 bits per heavy atom. The molecule has 0 aliphatic carbocycles. The first-order valence-electron chi connectivity index (χ1n) is 17.0. The van der Waals surface area contributed by atoms with Crippen LogP contribution in [0.15, 0.2) is 164 Å². The summed E-state index contributed by atoms with van der Waals surface area (Å²) in [6.45, 7) is 0. The maximum atomic E-state index is 9.60. The summed E-state index contributed by atoms with van der Waals surface area (Å²) in [7, 11) is 0. The minimum absolute atomic E-state index is 0.447. The lowest BCUT2D eigenvalue weighted by Gasteiger charge is -2.18. The summed E-state index contributed by atoms with van der Waals surface area (Å²) in [6, 6.07) is 59.1. The summed E-state index contributed by atoms with van der Waals surface area (Å²) in [6.07, 6.45) is 0. The van der Waals surface area contributed by atoms with Crippen molar-refractivity contribution in [3.05, 3.63) is 175 Å². The monoisotopic (exact) mass is 661 g/mol. The Hall–Kier alpha value is -7.47. The van der Waals surface area contributed by atoms with E-state index in [1.165, 1.54) is 0 Å². The largest absolute Gasteiger partial charge is 0.247 e. The van der Waals surface area contributed by atoms with E-state index >= 15 is 0 Å². The maximum absolute atomic E-state index is 9.60. The van der Waals surface area contributed by atoms with Crippen LogP contribution in [0.5, 0.6) is 0 Å². The van der Waals surface area contributed by atoms with Gasteiger partial charge < -0.3 is 0 Å². The molecule has 5 nitrogen and oxygen atoms in total. The predicted octanol–water partition coefficient (Wildman–Crippen LogP) is 11.4. The van der Waals surface area contributed by atoms with E-state index in [9.17, 15) is 10.5 Å². The highest BCUT2D eigenvalue weighted by molar-refractivity contribution is 6.25. The number of aromatic nitrogens is 3. The van der Waals surface area contributed by atoms with E-state index in [4.69, 9.17) is 15.0 Å². The molecule has 5 heteroatoms. The Bertz CT molecular complexity index is 2860. The number of nitrogens with zero attached hydrogens (tertiary/aromatic N) is 5. The molecule has 0 amide bonds. The molecular formula is C47H27N5. The molecule has 7 aromatic carbocycles. The number of fused-ring (bicyclic) bond motifs is 5. The number of nitriles is 2. The minimum atomic E-state index is 0.447. The van der Waals surface area contributed by atoms with E-state index in [0.29, 0.717) is 11.1 Å². The second-order valence-corrected chi connectivity index (χ2v) is 12.6. The molecule has 0 unspecified atom stereocenters. The standard InChI is InChI=1S/C47H27N5/c48-28-30-24-31(29-49)26-37(25-30)32-20-22-36(23-21-32)44-43-42(38-18-10-11-19-40(38)50-44)39(33-12-4-1-5-13-33)27-41-47(43)52-46(35-16-8-3-9-17-35)45(51-41)34-14-6-2-7-15-34/h1-27H. The number of para-hydroxylation sites is 1. The molecule has 9 rings (SSSR count). The summed E-state index contributed by atoms with van der Waals surface area (Å²) >= 11 is 0. The lowest BCUT2D eigenvalue weighted by molar-refractivity contribution is 1.30. The molecule has 240 valence electrons. The van der Waals surface area contributed by atoms with Crippen molar-refractivity contribution in [1.82, 2.24) is 15.0 Å². The number of hydrogen-bond acceptors (Lipinski definition) is 5. The summed E-state index contributed by atoms with van der Waals surface area (Å²) in [5.74, 6) is 0. The van der Waals surface area contributed by atoms with Crippen molar-refractivity contribution < 1.29 is 0 Å². The fourth-order valence-corrected chi connectivity index (χ4v) is 7.06. The highest BCUT2D eigenvalue weighted by Gasteiger charge is 2.22. The van der Waals surface area contributed by atoms with Gasteiger partial charge in [-0.15, -0.1) is 0 Å². The normalized spacial score (nSPS) is 11.0. The van der Waals surface area contributed by atoms with Gasteiger partial charge in [-0.25, -0.2) is 15.0 Å². The SMILES string of the molecule is N#Cc1cc(C#N)cc(-c2ccc(-c3nc4ccccc4c4c(-c5ccccc5)cc5nc(-c6ccccc6)c(-c6ccccc6)nc5c34)cc2)c1. The van der Waals surface area contributed by atoms with E-state index < -0.39 is 0 Å². The van der Waals surface area contributed by atoms with Gasteiger partial charge in [0.1, 0.15) is 0 Å². The fraction of sp³-hybridized carbons (Fsp3) is 0. The van der Waals surface area contributed by atoms with E-state index in [1.807, 2.05) is 72.8 Å². The second kappa shape index (κ2) is 12.8. The average molecular weight is 662 g/mol. The van der Waals surface area contributed by atoms with Gasteiger partial charge in [0.15, 0.2) is 0 Å². The molecule has 0 fully saturated rings. The van der Waals surface area contributed by atoms with Crippen LogP contribution in [0.2, 0.25) is 0 Å². The molecule has 0 aliphatic rings.